The Bertz CT molecular complexity index is 487. The Morgan fingerprint density at radius 3 is 2.68 bits per heavy atom. The van der Waals surface area contributed by atoms with Gasteiger partial charge in [0.05, 0.1) is 10.5 Å². The number of nitro groups is 1. The van der Waals surface area contributed by atoms with E-state index in [1.54, 1.807) is 24.1 Å². The van der Waals surface area contributed by atoms with Gasteiger partial charge < -0.3 is 10.0 Å². The summed E-state index contributed by atoms with van der Waals surface area (Å²) in [6.07, 6.45) is 3.60. The SMILES string of the molecule is CN(CC1(O)CCCC1)c1ccc(I)cc1[N+](=O)[O-]. The lowest BCUT2D eigenvalue weighted by molar-refractivity contribution is -0.384. The van der Waals surface area contributed by atoms with Crippen LogP contribution in [0.15, 0.2) is 18.2 Å². The minimum Gasteiger partial charge on any atom is -0.388 e. The Morgan fingerprint density at radius 1 is 1.47 bits per heavy atom. The molecule has 1 fully saturated rings. The second kappa shape index (κ2) is 5.62. The van der Waals surface area contributed by atoms with Crippen molar-refractivity contribution in [2.75, 3.05) is 18.5 Å². The van der Waals surface area contributed by atoms with Gasteiger partial charge in [-0.3, -0.25) is 10.1 Å². The Kier molecular flexibility index (Phi) is 4.29. The van der Waals surface area contributed by atoms with Gasteiger partial charge in [0, 0.05) is 23.2 Å². The summed E-state index contributed by atoms with van der Waals surface area (Å²) in [4.78, 5) is 12.5. The third kappa shape index (κ3) is 3.36. The third-order valence-electron chi connectivity index (χ3n) is 3.61. The molecular weight excluding hydrogens is 359 g/mol. The molecule has 1 saturated carbocycles. The minimum absolute atomic E-state index is 0.0935. The van der Waals surface area contributed by atoms with Gasteiger partial charge in [-0.2, -0.15) is 0 Å². The van der Waals surface area contributed by atoms with Gasteiger partial charge in [0.2, 0.25) is 0 Å². The number of rotatable bonds is 4. The minimum atomic E-state index is -0.703. The second-order valence-electron chi connectivity index (χ2n) is 5.18. The van der Waals surface area contributed by atoms with Gasteiger partial charge in [-0.05, 0) is 47.6 Å². The zero-order valence-electron chi connectivity index (χ0n) is 10.8. The van der Waals surface area contributed by atoms with Crippen molar-refractivity contribution in [3.05, 3.63) is 31.9 Å². The topological polar surface area (TPSA) is 66.6 Å². The van der Waals surface area contributed by atoms with E-state index in [-0.39, 0.29) is 10.6 Å². The van der Waals surface area contributed by atoms with Crippen LogP contribution in [-0.4, -0.2) is 29.2 Å². The smallest absolute Gasteiger partial charge is 0.293 e. The number of aliphatic hydroxyl groups is 1. The van der Waals surface area contributed by atoms with E-state index in [9.17, 15) is 15.2 Å². The summed E-state index contributed by atoms with van der Waals surface area (Å²) >= 11 is 2.06. The molecule has 0 aliphatic heterocycles. The summed E-state index contributed by atoms with van der Waals surface area (Å²) in [6.45, 7) is 0.439. The van der Waals surface area contributed by atoms with E-state index >= 15 is 0 Å². The van der Waals surface area contributed by atoms with Crippen molar-refractivity contribution in [1.29, 1.82) is 0 Å². The van der Waals surface area contributed by atoms with Gasteiger partial charge in [-0.15, -0.1) is 0 Å². The highest BCUT2D eigenvalue weighted by molar-refractivity contribution is 14.1. The van der Waals surface area contributed by atoms with Crippen LogP contribution in [0, 0.1) is 13.7 Å². The van der Waals surface area contributed by atoms with E-state index < -0.39 is 5.60 Å². The number of likely N-dealkylation sites (N-methyl/N-ethyl adjacent to an activating group) is 1. The van der Waals surface area contributed by atoms with Gasteiger partial charge in [0.1, 0.15) is 5.69 Å². The summed E-state index contributed by atoms with van der Waals surface area (Å²) in [6, 6.07) is 5.15. The Morgan fingerprint density at radius 2 is 2.11 bits per heavy atom. The highest BCUT2D eigenvalue weighted by Gasteiger charge is 2.33. The van der Waals surface area contributed by atoms with Crippen LogP contribution < -0.4 is 4.90 Å². The quantitative estimate of drug-likeness (QED) is 0.499. The number of nitro benzene ring substituents is 1. The normalized spacial score (nSPS) is 17.4. The summed E-state index contributed by atoms with van der Waals surface area (Å²) in [5.41, 5.74) is -0.0484. The van der Waals surface area contributed by atoms with Crippen LogP contribution in [0.2, 0.25) is 0 Å². The largest absolute Gasteiger partial charge is 0.388 e. The standard InChI is InChI=1S/C13H17IN2O3/c1-15(9-13(17)6-2-3-7-13)11-5-4-10(14)8-12(11)16(18)19/h4-5,8,17H,2-3,6-7,9H2,1H3. The van der Waals surface area contributed by atoms with Gasteiger partial charge >= 0.3 is 0 Å². The zero-order valence-corrected chi connectivity index (χ0v) is 13.0. The maximum atomic E-state index is 11.1. The lowest BCUT2D eigenvalue weighted by atomic mass is 10.0. The average Bonchev–Trinajstić information content (AvgIpc) is 2.75. The molecule has 19 heavy (non-hydrogen) atoms. The molecule has 2 rings (SSSR count). The molecule has 1 aromatic carbocycles. The molecule has 0 saturated heterocycles. The second-order valence-corrected chi connectivity index (χ2v) is 6.42. The number of anilines is 1. The Labute approximate surface area is 125 Å². The number of hydrogen-bond acceptors (Lipinski definition) is 4. The first-order valence-corrected chi connectivity index (χ1v) is 7.37. The van der Waals surface area contributed by atoms with E-state index in [0.717, 1.165) is 29.3 Å². The number of halogens is 1. The molecule has 0 heterocycles. The van der Waals surface area contributed by atoms with Crippen molar-refractivity contribution in [1.82, 2.24) is 0 Å². The van der Waals surface area contributed by atoms with Crippen molar-refractivity contribution in [3.8, 4) is 0 Å². The molecule has 6 heteroatoms. The van der Waals surface area contributed by atoms with Crippen LogP contribution in [0.25, 0.3) is 0 Å². The van der Waals surface area contributed by atoms with Crippen LogP contribution in [0.3, 0.4) is 0 Å². The fraction of sp³-hybridized carbons (Fsp3) is 0.538. The molecule has 0 amide bonds. The van der Waals surface area contributed by atoms with Crippen molar-refractivity contribution in [3.63, 3.8) is 0 Å². The molecule has 0 aromatic heterocycles. The maximum absolute atomic E-state index is 11.1. The highest BCUT2D eigenvalue weighted by atomic mass is 127. The van der Waals surface area contributed by atoms with Gasteiger partial charge in [-0.25, -0.2) is 0 Å². The van der Waals surface area contributed by atoms with E-state index in [0.29, 0.717) is 12.2 Å². The molecule has 0 atom stereocenters. The summed E-state index contributed by atoms with van der Waals surface area (Å²) in [5.74, 6) is 0. The number of benzene rings is 1. The lowest BCUT2D eigenvalue weighted by Gasteiger charge is -2.29. The number of nitrogens with zero attached hydrogens (tertiary/aromatic N) is 2. The van der Waals surface area contributed by atoms with Gasteiger partial charge in [0.15, 0.2) is 0 Å². The van der Waals surface area contributed by atoms with Gasteiger partial charge in [0.25, 0.3) is 5.69 Å². The molecule has 1 N–H and O–H groups in total. The van der Waals surface area contributed by atoms with E-state index in [1.165, 1.54) is 0 Å². The van der Waals surface area contributed by atoms with Crippen molar-refractivity contribution >= 4 is 34.0 Å². The molecule has 0 spiro atoms. The molecule has 104 valence electrons. The molecule has 5 nitrogen and oxygen atoms in total. The molecule has 1 aliphatic carbocycles. The van der Waals surface area contributed by atoms with Crippen LogP contribution >= 0.6 is 22.6 Å². The predicted octanol–water partition coefficient (Wildman–Crippen LogP) is 2.94. The first-order chi connectivity index (χ1) is 8.91. The number of hydrogen-bond donors (Lipinski definition) is 1. The van der Waals surface area contributed by atoms with Crippen molar-refractivity contribution < 1.29 is 10.0 Å². The van der Waals surface area contributed by atoms with Crippen molar-refractivity contribution in [2.24, 2.45) is 0 Å². The molecule has 0 radical (unpaired) electrons. The monoisotopic (exact) mass is 376 g/mol. The summed E-state index contributed by atoms with van der Waals surface area (Å²) in [5, 5.41) is 21.5. The van der Waals surface area contributed by atoms with Crippen LogP contribution in [0.5, 0.6) is 0 Å². The van der Waals surface area contributed by atoms with Crippen LogP contribution in [0.1, 0.15) is 25.7 Å². The summed E-state index contributed by atoms with van der Waals surface area (Å²) in [7, 11) is 1.80. The highest BCUT2D eigenvalue weighted by Crippen LogP contribution is 2.34. The Hall–Kier alpha value is -0.890. The van der Waals surface area contributed by atoms with E-state index in [1.807, 2.05) is 6.07 Å². The predicted molar refractivity (Wildman–Crippen MR) is 82.5 cm³/mol. The maximum Gasteiger partial charge on any atom is 0.293 e. The van der Waals surface area contributed by atoms with Gasteiger partial charge in [-0.1, -0.05) is 12.8 Å². The molecular formula is C13H17IN2O3. The molecule has 0 unspecified atom stereocenters. The van der Waals surface area contributed by atoms with E-state index in [2.05, 4.69) is 22.6 Å². The fourth-order valence-corrected chi connectivity index (χ4v) is 3.16. The zero-order chi connectivity index (χ0) is 14.0. The molecule has 1 aromatic rings. The van der Waals surface area contributed by atoms with Crippen molar-refractivity contribution in [2.45, 2.75) is 31.3 Å². The third-order valence-corrected chi connectivity index (χ3v) is 4.28. The van der Waals surface area contributed by atoms with Crippen LogP contribution in [-0.2, 0) is 0 Å². The first kappa shape index (κ1) is 14.5. The lowest BCUT2D eigenvalue weighted by Crippen LogP contribution is -2.39. The fourth-order valence-electron chi connectivity index (χ4n) is 2.68. The average molecular weight is 376 g/mol. The molecule has 0 bridgehead atoms. The Balaban J connectivity index is 2.23. The van der Waals surface area contributed by atoms with E-state index in [4.69, 9.17) is 0 Å². The summed E-state index contributed by atoms with van der Waals surface area (Å²) < 4.78 is 0.834. The first-order valence-electron chi connectivity index (χ1n) is 6.29. The van der Waals surface area contributed by atoms with Crippen LogP contribution in [0.4, 0.5) is 11.4 Å². The molecule has 1 aliphatic rings.